The number of fused-ring (bicyclic) bond motifs is 1. The minimum atomic E-state index is 0.266. The third-order valence-electron chi connectivity index (χ3n) is 5.35. The lowest BCUT2D eigenvalue weighted by Gasteiger charge is -2.16. The van der Waals surface area contributed by atoms with Gasteiger partial charge in [-0.25, -0.2) is 0 Å². The Hall–Kier alpha value is -1.09. The van der Waals surface area contributed by atoms with Crippen LogP contribution in [-0.2, 0) is 25.9 Å². The van der Waals surface area contributed by atoms with E-state index in [4.69, 9.17) is 0 Å². The van der Waals surface area contributed by atoms with Crippen molar-refractivity contribution in [2.75, 3.05) is 0 Å². The molecule has 0 amide bonds. The normalized spacial score (nSPS) is 18.0. The molecular formula is C19H30N2O. The van der Waals surface area contributed by atoms with Gasteiger partial charge in [0.05, 0.1) is 0 Å². The van der Waals surface area contributed by atoms with Gasteiger partial charge >= 0.3 is 0 Å². The fourth-order valence-electron chi connectivity index (χ4n) is 4.05. The topological polar surface area (TPSA) is 34.0 Å². The molecule has 0 bridgehead atoms. The average molecular weight is 302 g/mol. The lowest BCUT2D eigenvalue weighted by molar-refractivity contribution is 0.514. The van der Waals surface area contributed by atoms with Crippen molar-refractivity contribution in [3.8, 4) is 0 Å². The van der Waals surface area contributed by atoms with Gasteiger partial charge in [-0.1, -0.05) is 32.6 Å². The van der Waals surface area contributed by atoms with Gasteiger partial charge in [0.15, 0.2) is 0 Å². The summed E-state index contributed by atoms with van der Waals surface area (Å²) >= 11 is 0. The third-order valence-corrected chi connectivity index (χ3v) is 5.35. The van der Waals surface area contributed by atoms with E-state index in [1.807, 2.05) is 0 Å². The number of hydrogen-bond acceptors (Lipinski definition) is 2. The molecule has 122 valence electrons. The van der Waals surface area contributed by atoms with Crippen LogP contribution in [0.4, 0.5) is 0 Å². The van der Waals surface area contributed by atoms with E-state index in [0.717, 1.165) is 37.9 Å². The van der Waals surface area contributed by atoms with Crippen LogP contribution in [0.5, 0.6) is 0 Å². The Labute approximate surface area is 134 Å². The molecule has 3 nitrogen and oxygen atoms in total. The van der Waals surface area contributed by atoms with E-state index in [2.05, 4.69) is 22.9 Å². The van der Waals surface area contributed by atoms with Gasteiger partial charge in [-0.15, -0.1) is 0 Å². The van der Waals surface area contributed by atoms with Crippen molar-refractivity contribution in [3.05, 3.63) is 33.2 Å². The summed E-state index contributed by atoms with van der Waals surface area (Å²) in [5.74, 6) is 0. The zero-order chi connectivity index (χ0) is 15.4. The number of hydrogen-bond donors (Lipinski definition) is 1. The monoisotopic (exact) mass is 302 g/mol. The highest BCUT2D eigenvalue weighted by molar-refractivity contribution is 5.30. The summed E-state index contributed by atoms with van der Waals surface area (Å²) in [6, 6.07) is 2.82. The molecule has 3 rings (SSSR count). The van der Waals surface area contributed by atoms with Crippen LogP contribution in [0.2, 0.25) is 0 Å². The first-order valence-corrected chi connectivity index (χ1v) is 9.27. The molecule has 0 aromatic carbocycles. The molecular weight excluding hydrogens is 272 g/mol. The molecule has 0 saturated heterocycles. The zero-order valence-electron chi connectivity index (χ0n) is 14.0. The summed E-state index contributed by atoms with van der Waals surface area (Å²) in [7, 11) is 0. The van der Waals surface area contributed by atoms with Crippen molar-refractivity contribution >= 4 is 0 Å². The van der Waals surface area contributed by atoms with Gasteiger partial charge in [-0.2, -0.15) is 0 Å². The molecule has 0 radical (unpaired) electrons. The maximum absolute atomic E-state index is 12.9. The summed E-state index contributed by atoms with van der Waals surface area (Å²) in [5.41, 5.74) is 4.01. The molecule has 1 aromatic heterocycles. The molecule has 1 aromatic rings. The Morgan fingerprint density at radius 1 is 1.18 bits per heavy atom. The van der Waals surface area contributed by atoms with Crippen molar-refractivity contribution in [3.63, 3.8) is 0 Å². The first-order chi connectivity index (χ1) is 10.8. The average Bonchev–Trinajstić information content (AvgIpc) is 3.18. The van der Waals surface area contributed by atoms with Crippen LogP contribution >= 0.6 is 0 Å². The molecule has 1 fully saturated rings. The van der Waals surface area contributed by atoms with Crippen LogP contribution in [0.1, 0.15) is 75.1 Å². The van der Waals surface area contributed by atoms with Gasteiger partial charge in [-0.3, -0.25) is 4.79 Å². The van der Waals surface area contributed by atoms with E-state index in [0.29, 0.717) is 6.04 Å². The Balaban J connectivity index is 1.77. The second-order valence-electron chi connectivity index (χ2n) is 7.02. The molecule has 0 atom stereocenters. The number of rotatable bonds is 7. The maximum Gasteiger partial charge on any atom is 0.255 e. The van der Waals surface area contributed by atoms with E-state index in [1.54, 1.807) is 0 Å². The van der Waals surface area contributed by atoms with Gasteiger partial charge in [-0.05, 0) is 50.2 Å². The minimum absolute atomic E-state index is 0.266. The highest BCUT2D eigenvalue weighted by atomic mass is 16.1. The molecule has 1 N–H and O–H groups in total. The molecule has 2 aliphatic carbocycles. The van der Waals surface area contributed by atoms with E-state index >= 15 is 0 Å². The Morgan fingerprint density at radius 2 is 2.00 bits per heavy atom. The quantitative estimate of drug-likeness (QED) is 0.781. The first-order valence-electron chi connectivity index (χ1n) is 9.27. The number of nitrogens with one attached hydrogen (secondary N) is 1. The lowest BCUT2D eigenvalue weighted by Crippen LogP contribution is -2.32. The summed E-state index contributed by atoms with van der Waals surface area (Å²) in [4.78, 5) is 12.9. The second kappa shape index (κ2) is 7.45. The van der Waals surface area contributed by atoms with Crippen LogP contribution in [0.15, 0.2) is 10.9 Å². The zero-order valence-corrected chi connectivity index (χ0v) is 14.0. The van der Waals surface area contributed by atoms with Crippen LogP contribution in [0, 0.1) is 0 Å². The number of aryl methyl sites for hydroxylation is 1. The molecule has 0 spiro atoms. The fraction of sp³-hybridized carbons (Fsp3) is 0.737. The molecule has 0 unspecified atom stereocenters. The molecule has 1 heterocycles. The van der Waals surface area contributed by atoms with Gasteiger partial charge in [0, 0.05) is 30.4 Å². The standard InChI is InChI=1S/C19H30N2O/c1-2-3-6-12-21-18-11-7-8-15(18)13-16(19(21)22)14-20-17-9-4-5-10-17/h13,17,20H,2-12,14H2,1H3. The van der Waals surface area contributed by atoms with Gasteiger partial charge < -0.3 is 9.88 Å². The van der Waals surface area contributed by atoms with E-state index < -0.39 is 0 Å². The summed E-state index contributed by atoms with van der Waals surface area (Å²) in [6.07, 6.45) is 12.2. The maximum atomic E-state index is 12.9. The largest absolute Gasteiger partial charge is 0.312 e. The van der Waals surface area contributed by atoms with Crippen molar-refractivity contribution in [1.29, 1.82) is 0 Å². The van der Waals surface area contributed by atoms with Crippen molar-refractivity contribution in [1.82, 2.24) is 9.88 Å². The molecule has 3 heteroatoms. The van der Waals surface area contributed by atoms with Crippen molar-refractivity contribution in [2.45, 2.75) is 90.3 Å². The van der Waals surface area contributed by atoms with Gasteiger partial charge in [0.2, 0.25) is 0 Å². The Kier molecular flexibility index (Phi) is 5.35. The molecule has 0 aliphatic heterocycles. The summed E-state index contributed by atoms with van der Waals surface area (Å²) < 4.78 is 2.10. The predicted octanol–water partition coefficient (Wildman–Crippen LogP) is 3.56. The highest BCUT2D eigenvalue weighted by Gasteiger charge is 2.20. The SMILES string of the molecule is CCCCCn1c2c(cc(CNC3CCCC3)c1=O)CCC2. The molecule has 2 aliphatic rings. The van der Waals surface area contributed by atoms with Crippen LogP contribution in [0.3, 0.4) is 0 Å². The fourth-order valence-corrected chi connectivity index (χ4v) is 4.05. The lowest BCUT2D eigenvalue weighted by atomic mass is 10.1. The third kappa shape index (κ3) is 3.45. The van der Waals surface area contributed by atoms with E-state index in [-0.39, 0.29) is 5.56 Å². The van der Waals surface area contributed by atoms with Crippen LogP contribution in [0.25, 0.3) is 0 Å². The molecule has 1 saturated carbocycles. The summed E-state index contributed by atoms with van der Waals surface area (Å²) in [5, 5.41) is 3.61. The van der Waals surface area contributed by atoms with Gasteiger partial charge in [0.1, 0.15) is 0 Å². The van der Waals surface area contributed by atoms with E-state index in [9.17, 15) is 4.79 Å². The Bertz CT molecular complexity index is 555. The van der Waals surface area contributed by atoms with Gasteiger partial charge in [0.25, 0.3) is 5.56 Å². The highest BCUT2D eigenvalue weighted by Crippen LogP contribution is 2.22. The summed E-state index contributed by atoms with van der Waals surface area (Å²) in [6.45, 7) is 3.88. The second-order valence-corrected chi connectivity index (χ2v) is 7.02. The smallest absolute Gasteiger partial charge is 0.255 e. The number of aromatic nitrogens is 1. The number of pyridine rings is 1. The Morgan fingerprint density at radius 3 is 2.77 bits per heavy atom. The van der Waals surface area contributed by atoms with E-state index in [1.165, 1.54) is 56.2 Å². The predicted molar refractivity (Wildman–Crippen MR) is 91.3 cm³/mol. The minimum Gasteiger partial charge on any atom is -0.312 e. The number of unbranched alkanes of at least 4 members (excludes halogenated alkanes) is 2. The number of nitrogens with zero attached hydrogens (tertiary/aromatic N) is 1. The molecule has 22 heavy (non-hydrogen) atoms. The van der Waals surface area contributed by atoms with Crippen LogP contribution in [-0.4, -0.2) is 10.6 Å². The van der Waals surface area contributed by atoms with Crippen molar-refractivity contribution in [2.24, 2.45) is 0 Å². The van der Waals surface area contributed by atoms with Crippen molar-refractivity contribution < 1.29 is 0 Å². The van der Waals surface area contributed by atoms with Crippen LogP contribution < -0.4 is 10.9 Å². The first kappa shape index (κ1) is 15.8.